The van der Waals surface area contributed by atoms with E-state index < -0.39 is 28.5 Å². The van der Waals surface area contributed by atoms with Crippen molar-refractivity contribution >= 4 is 17.5 Å². The highest BCUT2D eigenvalue weighted by atomic mass is 16.6. The number of nitrogens with one attached hydrogen (secondary N) is 2. The number of nitro benzene ring substituents is 1. The predicted molar refractivity (Wildman–Crippen MR) is 105 cm³/mol. The van der Waals surface area contributed by atoms with Gasteiger partial charge in [-0.25, -0.2) is 0 Å². The molecule has 5 N–H and O–H groups in total. The Kier molecular flexibility index (Phi) is 9.66. The molecule has 1 rings (SSSR count). The first kappa shape index (κ1) is 24.5. The minimum absolute atomic E-state index is 0.00469. The van der Waals surface area contributed by atoms with E-state index in [4.69, 9.17) is 5.11 Å². The molecular formula is C19H29N3O7. The Morgan fingerprint density at radius 2 is 1.83 bits per heavy atom. The fourth-order valence-corrected chi connectivity index (χ4v) is 2.54. The van der Waals surface area contributed by atoms with Gasteiger partial charge in [0.1, 0.15) is 6.10 Å². The molecule has 0 aliphatic heterocycles. The molecular weight excluding hydrogens is 382 g/mol. The third-order valence-corrected chi connectivity index (χ3v) is 4.52. The summed E-state index contributed by atoms with van der Waals surface area (Å²) >= 11 is 0. The van der Waals surface area contributed by atoms with Crippen LogP contribution in [0.3, 0.4) is 0 Å². The number of aliphatic hydroxyl groups excluding tert-OH is 3. The maximum atomic E-state index is 11.8. The van der Waals surface area contributed by atoms with Crippen molar-refractivity contribution in [2.45, 2.75) is 45.3 Å². The highest BCUT2D eigenvalue weighted by molar-refractivity contribution is 5.82. The molecule has 1 unspecified atom stereocenters. The molecule has 0 bridgehead atoms. The van der Waals surface area contributed by atoms with E-state index in [2.05, 4.69) is 10.6 Å². The number of nitro groups is 1. The number of carbonyl (C=O) groups is 2. The largest absolute Gasteiger partial charge is 0.396 e. The maximum Gasteiger partial charge on any atom is 0.275 e. The predicted octanol–water partition coefficient (Wildman–Crippen LogP) is 0.410. The molecule has 162 valence electrons. The van der Waals surface area contributed by atoms with Gasteiger partial charge in [-0.05, 0) is 18.9 Å². The van der Waals surface area contributed by atoms with Gasteiger partial charge in [0.15, 0.2) is 0 Å². The summed E-state index contributed by atoms with van der Waals surface area (Å²) in [6, 6.07) is 5.96. The van der Waals surface area contributed by atoms with E-state index in [1.54, 1.807) is 19.9 Å². The second-order valence-electron chi connectivity index (χ2n) is 7.41. The number of hydrogen-bond acceptors (Lipinski definition) is 7. The Morgan fingerprint density at radius 3 is 2.45 bits per heavy atom. The van der Waals surface area contributed by atoms with Crippen molar-refractivity contribution in [1.29, 1.82) is 0 Å². The molecule has 0 aliphatic carbocycles. The zero-order valence-electron chi connectivity index (χ0n) is 16.6. The Labute approximate surface area is 169 Å². The maximum absolute atomic E-state index is 11.8. The molecule has 0 saturated carbocycles. The average Bonchev–Trinajstić information content (AvgIpc) is 2.70. The molecule has 0 aromatic heterocycles. The van der Waals surface area contributed by atoms with Crippen molar-refractivity contribution in [1.82, 2.24) is 10.6 Å². The molecule has 29 heavy (non-hydrogen) atoms. The SMILES string of the molecule is CC(C)(CO)[C@@H](O)C(=O)NCCC(=O)NCCCC(O)c1ccccc1[N+](=O)[O-]. The first-order valence-corrected chi connectivity index (χ1v) is 9.35. The minimum Gasteiger partial charge on any atom is -0.396 e. The van der Waals surface area contributed by atoms with Crippen LogP contribution >= 0.6 is 0 Å². The van der Waals surface area contributed by atoms with Gasteiger partial charge in [-0.15, -0.1) is 0 Å². The van der Waals surface area contributed by atoms with Gasteiger partial charge < -0.3 is 26.0 Å². The van der Waals surface area contributed by atoms with Crippen LogP contribution in [-0.4, -0.2) is 57.9 Å². The van der Waals surface area contributed by atoms with E-state index in [0.717, 1.165) is 0 Å². The summed E-state index contributed by atoms with van der Waals surface area (Å²) in [6.07, 6.45) is -1.74. The van der Waals surface area contributed by atoms with E-state index in [-0.39, 0.29) is 49.7 Å². The van der Waals surface area contributed by atoms with Crippen LogP contribution in [0.25, 0.3) is 0 Å². The molecule has 0 heterocycles. The van der Waals surface area contributed by atoms with Gasteiger partial charge in [0.2, 0.25) is 11.8 Å². The van der Waals surface area contributed by atoms with Gasteiger partial charge in [-0.2, -0.15) is 0 Å². The Morgan fingerprint density at radius 1 is 1.17 bits per heavy atom. The lowest BCUT2D eigenvalue weighted by Crippen LogP contribution is -2.46. The highest BCUT2D eigenvalue weighted by Crippen LogP contribution is 2.27. The van der Waals surface area contributed by atoms with E-state index in [1.165, 1.54) is 18.2 Å². The van der Waals surface area contributed by atoms with E-state index in [9.17, 15) is 29.9 Å². The molecule has 10 heteroatoms. The number of rotatable bonds is 12. The van der Waals surface area contributed by atoms with E-state index in [0.29, 0.717) is 6.42 Å². The first-order valence-electron chi connectivity index (χ1n) is 9.35. The molecule has 0 spiro atoms. The summed E-state index contributed by atoms with van der Waals surface area (Å²) < 4.78 is 0. The lowest BCUT2D eigenvalue weighted by atomic mass is 9.87. The number of benzene rings is 1. The first-order chi connectivity index (χ1) is 13.6. The lowest BCUT2D eigenvalue weighted by Gasteiger charge is -2.27. The quantitative estimate of drug-likeness (QED) is 0.189. The zero-order valence-corrected chi connectivity index (χ0v) is 16.6. The molecule has 0 aliphatic rings. The Bertz CT molecular complexity index is 709. The van der Waals surface area contributed by atoms with Gasteiger partial charge in [0, 0.05) is 31.0 Å². The topological polar surface area (TPSA) is 162 Å². The fourth-order valence-electron chi connectivity index (χ4n) is 2.54. The van der Waals surface area contributed by atoms with Crippen molar-refractivity contribution in [3.63, 3.8) is 0 Å². The van der Waals surface area contributed by atoms with Crippen molar-refractivity contribution in [2.24, 2.45) is 5.41 Å². The van der Waals surface area contributed by atoms with Crippen LogP contribution < -0.4 is 10.6 Å². The van der Waals surface area contributed by atoms with Crippen LogP contribution in [-0.2, 0) is 9.59 Å². The highest BCUT2D eigenvalue weighted by Gasteiger charge is 2.32. The number of para-hydroxylation sites is 1. The molecule has 1 aromatic rings. The number of amides is 2. The number of hydrogen-bond donors (Lipinski definition) is 5. The van der Waals surface area contributed by atoms with Crippen LogP contribution in [0.1, 0.15) is 44.8 Å². The lowest BCUT2D eigenvalue weighted by molar-refractivity contribution is -0.386. The summed E-state index contributed by atoms with van der Waals surface area (Å²) in [5.74, 6) is -0.981. The monoisotopic (exact) mass is 411 g/mol. The summed E-state index contributed by atoms with van der Waals surface area (Å²) in [7, 11) is 0. The summed E-state index contributed by atoms with van der Waals surface area (Å²) in [6.45, 7) is 3.03. The molecule has 10 nitrogen and oxygen atoms in total. The van der Waals surface area contributed by atoms with Gasteiger partial charge in [-0.3, -0.25) is 19.7 Å². The van der Waals surface area contributed by atoms with Crippen molar-refractivity contribution in [3.8, 4) is 0 Å². The molecule has 1 aromatic carbocycles. The van der Waals surface area contributed by atoms with Gasteiger partial charge >= 0.3 is 0 Å². The number of carbonyl (C=O) groups excluding carboxylic acids is 2. The number of aliphatic hydroxyl groups is 3. The van der Waals surface area contributed by atoms with Crippen molar-refractivity contribution in [2.75, 3.05) is 19.7 Å². The van der Waals surface area contributed by atoms with Crippen LogP contribution in [0.5, 0.6) is 0 Å². The smallest absolute Gasteiger partial charge is 0.275 e. The normalized spacial score (nSPS) is 13.4. The minimum atomic E-state index is -1.39. The second-order valence-corrected chi connectivity index (χ2v) is 7.41. The third kappa shape index (κ3) is 7.76. The van der Waals surface area contributed by atoms with Crippen LogP contribution in [0, 0.1) is 15.5 Å². The zero-order chi connectivity index (χ0) is 22.0. The van der Waals surface area contributed by atoms with Gasteiger partial charge in [-0.1, -0.05) is 26.0 Å². The van der Waals surface area contributed by atoms with E-state index >= 15 is 0 Å². The summed E-state index contributed by atoms with van der Waals surface area (Å²) in [5, 5.41) is 45.2. The molecule has 0 saturated heterocycles. The molecule has 0 radical (unpaired) electrons. The second kappa shape index (κ2) is 11.4. The Balaban J connectivity index is 2.30. The van der Waals surface area contributed by atoms with Crippen LogP contribution in [0.15, 0.2) is 24.3 Å². The molecule has 2 amide bonds. The third-order valence-electron chi connectivity index (χ3n) is 4.52. The van der Waals surface area contributed by atoms with Crippen LogP contribution in [0.2, 0.25) is 0 Å². The Hall–Kier alpha value is -2.56. The fraction of sp³-hybridized carbons (Fsp3) is 0.579. The standard InChI is InChI=1S/C19H29N3O7/c1-19(2,12-23)17(26)18(27)21-11-9-16(25)20-10-5-8-15(24)13-6-3-4-7-14(13)22(28)29/h3-4,6-7,15,17,23-24,26H,5,8-12H2,1-2H3,(H,20,25)(H,21,27)/t15?,17-/m0/s1. The summed E-state index contributed by atoms with van der Waals surface area (Å²) in [5.41, 5.74) is -0.900. The van der Waals surface area contributed by atoms with Crippen molar-refractivity contribution < 1.29 is 29.8 Å². The van der Waals surface area contributed by atoms with E-state index in [1.807, 2.05) is 0 Å². The average molecular weight is 411 g/mol. The summed E-state index contributed by atoms with van der Waals surface area (Å²) in [4.78, 5) is 34.0. The molecule has 0 fully saturated rings. The van der Waals surface area contributed by atoms with Gasteiger partial charge in [0.25, 0.3) is 5.69 Å². The number of nitrogens with zero attached hydrogens (tertiary/aromatic N) is 1. The van der Waals surface area contributed by atoms with Crippen LogP contribution in [0.4, 0.5) is 5.69 Å². The van der Waals surface area contributed by atoms with Crippen molar-refractivity contribution in [3.05, 3.63) is 39.9 Å². The van der Waals surface area contributed by atoms with Gasteiger partial charge in [0.05, 0.1) is 23.2 Å². The molecule has 2 atom stereocenters.